The van der Waals surface area contributed by atoms with E-state index in [1.54, 1.807) is 0 Å². The van der Waals surface area contributed by atoms with E-state index in [0.29, 0.717) is 5.92 Å². The van der Waals surface area contributed by atoms with Crippen LogP contribution in [0.15, 0.2) is 54.6 Å². The lowest BCUT2D eigenvalue weighted by molar-refractivity contribution is -0.133. The quantitative estimate of drug-likeness (QED) is 0.679. The average Bonchev–Trinajstić information content (AvgIpc) is 3.58. The zero-order chi connectivity index (χ0) is 22.1. The largest absolute Gasteiger partial charge is 0.349 e. The number of nitrogens with one attached hydrogen (secondary N) is 2. The van der Waals surface area contributed by atoms with Crippen LogP contribution >= 0.6 is 12.2 Å². The first-order valence-corrected chi connectivity index (χ1v) is 12.2. The summed E-state index contributed by atoms with van der Waals surface area (Å²) in [4.78, 5) is 17.9. The van der Waals surface area contributed by atoms with Crippen LogP contribution in [-0.2, 0) is 11.2 Å². The smallest absolute Gasteiger partial charge is 0.241 e. The summed E-state index contributed by atoms with van der Waals surface area (Å²) in [5, 5.41) is 7.95. The van der Waals surface area contributed by atoms with Crippen molar-refractivity contribution in [3.63, 3.8) is 0 Å². The van der Waals surface area contributed by atoms with E-state index in [2.05, 4.69) is 51.6 Å². The Bertz CT molecular complexity index is 982. The Labute approximate surface area is 196 Å². The number of piperidine rings is 1. The molecule has 2 aromatic rings. The molecule has 1 spiro atoms. The van der Waals surface area contributed by atoms with Crippen LogP contribution in [0.4, 0.5) is 5.69 Å². The molecule has 2 aliphatic heterocycles. The van der Waals surface area contributed by atoms with Crippen molar-refractivity contribution in [2.75, 3.05) is 25.0 Å². The van der Waals surface area contributed by atoms with Crippen LogP contribution in [0.2, 0.25) is 0 Å². The third-order valence-electron chi connectivity index (χ3n) is 7.09. The minimum Gasteiger partial charge on any atom is -0.349 e. The molecule has 0 aromatic heterocycles. The summed E-state index contributed by atoms with van der Waals surface area (Å²) in [6.07, 6.45) is 5.04. The Morgan fingerprint density at radius 3 is 2.56 bits per heavy atom. The molecular formula is C26H32N4OS. The molecule has 1 aliphatic carbocycles. The van der Waals surface area contributed by atoms with Gasteiger partial charge in [0.15, 0.2) is 5.11 Å². The van der Waals surface area contributed by atoms with Crippen molar-refractivity contribution < 1.29 is 4.79 Å². The number of nitrogens with zero attached hydrogens (tertiary/aromatic N) is 2. The maximum absolute atomic E-state index is 13.4. The monoisotopic (exact) mass is 448 g/mol. The van der Waals surface area contributed by atoms with Gasteiger partial charge in [-0.15, -0.1) is 0 Å². The van der Waals surface area contributed by atoms with Crippen LogP contribution in [0.1, 0.15) is 36.8 Å². The van der Waals surface area contributed by atoms with Crippen LogP contribution in [0.5, 0.6) is 0 Å². The number of amides is 1. The molecule has 2 saturated heterocycles. The Hall–Kier alpha value is -2.44. The number of hydrogen-bond acceptors (Lipinski definition) is 3. The lowest BCUT2D eigenvalue weighted by Gasteiger charge is -2.45. The first-order chi connectivity index (χ1) is 15.5. The van der Waals surface area contributed by atoms with Crippen molar-refractivity contribution in [1.29, 1.82) is 0 Å². The molecule has 0 bridgehead atoms. The lowest BCUT2D eigenvalue weighted by Crippen LogP contribution is -2.60. The second kappa shape index (κ2) is 8.83. The summed E-state index contributed by atoms with van der Waals surface area (Å²) in [6, 6.07) is 18.5. The number of hydrogen-bond donors (Lipinski definition) is 2. The van der Waals surface area contributed by atoms with Gasteiger partial charge in [-0.25, -0.2) is 0 Å². The second-order valence-corrected chi connectivity index (χ2v) is 9.98. The van der Waals surface area contributed by atoms with Gasteiger partial charge in [0.2, 0.25) is 5.91 Å². The Morgan fingerprint density at radius 2 is 1.88 bits per heavy atom. The number of carbonyl (C=O) groups excluding carboxylic acids is 1. The van der Waals surface area contributed by atoms with Gasteiger partial charge in [-0.05, 0) is 67.6 Å². The third kappa shape index (κ3) is 4.52. The fourth-order valence-corrected chi connectivity index (χ4v) is 5.39. The number of likely N-dealkylation sites (tertiary alicyclic amines) is 1. The normalized spacial score (nSPS) is 22.4. The first-order valence-electron chi connectivity index (χ1n) is 11.8. The summed E-state index contributed by atoms with van der Waals surface area (Å²) in [5.41, 5.74) is 3.21. The summed E-state index contributed by atoms with van der Waals surface area (Å²) in [7, 11) is 0. The third-order valence-corrected chi connectivity index (χ3v) is 7.45. The standard InChI is InChI=1S/C26H32N4OS/c1-19-6-5-9-22(16-19)27-25(32)29-14-12-26(13-15-29)28-23(17-20-7-3-2-4-8-20)24(31)30(26)18-21-10-11-21/h2-9,16,21,23,28H,10-15,17-18H2,1H3,(H,27,32). The molecule has 5 nitrogen and oxygen atoms in total. The maximum atomic E-state index is 13.4. The van der Waals surface area contributed by atoms with Gasteiger partial charge in [0.1, 0.15) is 0 Å². The molecule has 1 unspecified atom stereocenters. The predicted molar refractivity (Wildman–Crippen MR) is 132 cm³/mol. The van der Waals surface area contributed by atoms with E-state index in [-0.39, 0.29) is 17.6 Å². The highest BCUT2D eigenvalue weighted by Crippen LogP contribution is 2.38. The summed E-state index contributed by atoms with van der Waals surface area (Å²) in [6.45, 7) is 4.67. The van der Waals surface area contributed by atoms with Gasteiger partial charge in [-0.2, -0.15) is 0 Å². The topological polar surface area (TPSA) is 47.6 Å². The van der Waals surface area contributed by atoms with Gasteiger partial charge >= 0.3 is 0 Å². The van der Waals surface area contributed by atoms with Gasteiger partial charge in [0, 0.05) is 38.2 Å². The molecule has 3 aliphatic rings. The van der Waals surface area contributed by atoms with E-state index in [0.717, 1.165) is 49.7 Å². The van der Waals surface area contributed by atoms with Gasteiger partial charge < -0.3 is 15.1 Å². The molecule has 1 atom stereocenters. The van der Waals surface area contributed by atoms with E-state index < -0.39 is 0 Å². The lowest BCUT2D eigenvalue weighted by atomic mass is 9.95. The Kier molecular flexibility index (Phi) is 5.91. The molecule has 5 rings (SSSR count). The molecule has 1 saturated carbocycles. The fourth-order valence-electron chi connectivity index (χ4n) is 5.09. The van der Waals surface area contributed by atoms with Gasteiger partial charge in [0.05, 0.1) is 11.7 Å². The number of aryl methyl sites for hydroxylation is 1. The van der Waals surface area contributed by atoms with Crippen molar-refractivity contribution in [3.8, 4) is 0 Å². The van der Waals surface area contributed by atoms with Crippen molar-refractivity contribution >= 4 is 28.9 Å². The van der Waals surface area contributed by atoms with E-state index in [1.165, 1.54) is 24.0 Å². The van der Waals surface area contributed by atoms with Crippen LogP contribution in [0.25, 0.3) is 0 Å². The fraction of sp³-hybridized carbons (Fsp3) is 0.462. The molecule has 2 N–H and O–H groups in total. The van der Waals surface area contributed by atoms with Gasteiger partial charge in [0.25, 0.3) is 0 Å². The minimum absolute atomic E-state index is 0.139. The Balaban J connectivity index is 1.26. The highest BCUT2D eigenvalue weighted by atomic mass is 32.1. The summed E-state index contributed by atoms with van der Waals surface area (Å²) < 4.78 is 0. The first kappa shape index (κ1) is 21.4. The summed E-state index contributed by atoms with van der Waals surface area (Å²) in [5.74, 6) is 0.949. The SMILES string of the molecule is Cc1cccc(NC(=S)N2CCC3(CC2)NC(Cc2ccccc2)C(=O)N3CC2CC2)c1. The highest BCUT2D eigenvalue weighted by Gasteiger charge is 2.52. The van der Waals surface area contributed by atoms with Crippen LogP contribution in [0.3, 0.4) is 0 Å². The van der Waals surface area contributed by atoms with Crippen LogP contribution in [0, 0.1) is 12.8 Å². The van der Waals surface area contributed by atoms with Crippen LogP contribution in [-0.4, -0.2) is 52.2 Å². The zero-order valence-electron chi connectivity index (χ0n) is 18.7. The van der Waals surface area contributed by atoms with E-state index in [4.69, 9.17) is 12.2 Å². The molecule has 3 fully saturated rings. The van der Waals surface area contributed by atoms with E-state index in [9.17, 15) is 4.79 Å². The van der Waals surface area contributed by atoms with E-state index in [1.807, 2.05) is 30.3 Å². The summed E-state index contributed by atoms with van der Waals surface area (Å²) >= 11 is 5.72. The molecule has 0 radical (unpaired) electrons. The average molecular weight is 449 g/mol. The zero-order valence-corrected chi connectivity index (χ0v) is 19.5. The minimum atomic E-state index is -0.241. The number of anilines is 1. The highest BCUT2D eigenvalue weighted by molar-refractivity contribution is 7.80. The number of rotatable bonds is 5. The molecule has 6 heteroatoms. The number of benzene rings is 2. The number of thiocarbonyl (C=S) groups is 1. The molecule has 2 aromatic carbocycles. The molecule has 2 heterocycles. The van der Waals surface area contributed by atoms with Gasteiger partial charge in [-0.3, -0.25) is 10.1 Å². The molecular weight excluding hydrogens is 416 g/mol. The molecule has 168 valence electrons. The van der Waals surface area contributed by atoms with Crippen molar-refractivity contribution in [1.82, 2.24) is 15.1 Å². The maximum Gasteiger partial charge on any atom is 0.241 e. The molecule has 1 amide bonds. The van der Waals surface area contributed by atoms with Crippen LogP contribution < -0.4 is 10.6 Å². The van der Waals surface area contributed by atoms with Gasteiger partial charge in [-0.1, -0.05) is 42.5 Å². The van der Waals surface area contributed by atoms with E-state index >= 15 is 0 Å². The van der Waals surface area contributed by atoms with Crippen molar-refractivity contribution in [2.45, 2.75) is 50.7 Å². The Morgan fingerprint density at radius 1 is 1.12 bits per heavy atom. The van der Waals surface area contributed by atoms with Crippen molar-refractivity contribution in [2.24, 2.45) is 5.92 Å². The molecule has 32 heavy (non-hydrogen) atoms. The predicted octanol–water partition coefficient (Wildman–Crippen LogP) is 3.94. The number of carbonyl (C=O) groups is 1. The van der Waals surface area contributed by atoms with Crippen molar-refractivity contribution in [3.05, 3.63) is 65.7 Å². The second-order valence-electron chi connectivity index (χ2n) is 9.60.